The summed E-state index contributed by atoms with van der Waals surface area (Å²) in [5.74, 6) is 0.937. The highest BCUT2D eigenvalue weighted by atomic mass is 15.0. The molecule has 0 aromatic carbocycles. The first-order valence-electron chi connectivity index (χ1n) is 6.27. The van der Waals surface area contributed by atoms with Gasteiger partial charge in [-0.15, -0.1) is 0 Å². The van der Waals surface area contributed by atoms with Gasteiger partial charge >= 0.3 is 0 Å². The van der Waals surface area contributed by atoms with Crippen LogP contribution in [0.3, 0.4) is 0 Å². The third-order valence-corrected chi connectivity index (χ3v) is 4.08. The summed E-state index contributed by atoms with van der Waals surface area (Å²) in [4.78, 5) is 0. The molecule has 2 nitrogen and oxygen atoms in total. The van der Waals surface area contributed by atoms with Crippen LogP contribution in [0, 0.1) is 5.92 Å². The molecule has 14 heavy (non-hydrogen) atoms. The number of nitrogens with two attached hydrogens (primary N) is 1. The van der Waals surface area contributed by atoms with Gasteiger partial charge in [0.2, 0.25) is 0 Å². The van der Waals surface area contributed by atoms with E-state index in [1.807, 2.05) is 0 Å². The summed E-state index contributed by atoms with van der Waals surface area (Å²) in [5.41, 5.74) is 5.91. The van der Waals surface area contributed by atoms with E-state index in [4.69, 9.17) is 5.73 Å². The second-order valence-corrected chi connectivity index (χ2v) is 5.27. The third-order valence-electron chi connectivity index (χ3n) is 4.08. The Morgan fingerprint density at radius 2 is 1.86 bits per heavy atom. The zero-order valence-corrected chi connectivity index (χ0v) is 9.34. The van der Waals surface area contributed by atoms with E-state index in [2.05, 4.69) is 12.2 Å². The Kier molecular flexibility index (Phi) is 3.45. The van der Waals surface area contributed by atoms with Crippen molar-refractivity contribution in [2.75, 3.05) is 0 Å². The van der Waals surface area contributed by atoms with Crippen molar-refractivity contribution < 1.29 is 0 Å². The van der Waals surface area contributed by atoms with E-state index >= 15 is 0 Å². The molecule has 3 N–H and O–H groups in total. The van der Waals surface area contributed by atoms with Gasteiger partial charge in [0.25, 0.3) is 0 Å². The smallest absolute Gasteiger partial charge is 0.00849 e. The summed E-state index contributed by atoms with van der Waals surface area (Å²) in [6.45, 7) is 2.36. The summed E-state index contributed by atoms with van der Waals surface area (Å²) in [5, 5.41) is 3.77. The lowest BCUT2D eigenvalue weighted by molar-refractivity contribution is 0.341. The lowest BCUT2D eigenvalue weighted by atomic mass is 9.99. The van der Waals surface area contributed by atoms with Crippen molar-refractivity contribution in [2.45, 2.75) is 70.0 Å². The molecule has 3 unspecified atom stereocenters. The van der Waals surface area contributed by atoms with Crippen molar-refractivity contribution in [3.63, 3.8) is 0 Å². The molecule has 0 aromatic heterocycles. The molecule has 0 radical (unpaired) electrons. The van der Waals surface area contributed by atoms with E-state index in [0.29, 0.717) is 18.1 Å². The van der Waals surface area contributed by atoms with E-state index < -0.39 is 0 Å². The molecule has 2 heteroatoms. The first-order valence-corrected chi connectivity index (χ1v) is 6.27. The number of rotatable bonds is 3. The van der Waals surface area contributed by atoms with E-state index in [1.165, 1.54) is 44.9 Å². The van der Waals surface area contributed by atoms with Gasteiger partial charge in [-0.3, -0.25) is 0 Å². The summed E-state index contributed by atoms with van der Waals surface area (Å²) < 4.78 is 0. The topological polar surface area (TPSA) is 38.0 Å². The predicted molar refractivity (Wildman–Crippen MR) is 60.2 cm³/mol. The highest BCUT2D eigenvalue weighted by Gasteiger charge is 2.27. The molecule has 82 valence electrons. The predicted octanol–water partition coefficient (Wildman–Crippen LogP) is 2.03. The maximum atomic E-state index is 5.91. The maximum absolute atomic E-state index is 5.91. The molecule has 0 aromatic rings. The van der Waals surface area contributed by atoms with Gasteiger partial charge in [-0.05, 0) is 44.9 Å². The average Bonchev–Trinajstić information content (AvgIpc) is 2.75. The second-order valence-electron chi connectivity index (χ2n) is 5.27. The molecule has 0 amide bonds. The quantitative estimate of drug-likeness (QED) is 0.725. The van der Waals surface area contributed by atoms with Crippen LogP contribution in [-0.2, 0) is 0 Å². The van der Waals surface area contributed by atoms with Gasteiger partial charge in [0, 0.05) is 18.1 Å². The van der Waals surface area contributed by atoms with Crippen molar-refractivity contribution in [1.29, 1.82) is 0 Å². The molecule has 2 fully saturated rings. The van der Waals surface area contributed by atoms with Crippen LogP contribution in [-0.4, -0.2) is 18.1 Å². The lowest BCUT2D eigenvalue weighted by Gasteiger charge is -2.24. The molecule has 2 rings (SSSR count). The second kappa shape index (κ2) is 4.63. The zero-order valence-electron chi connectivity index (χ0n) is 9.34. The monoisotopic (exact) mass is 196 g/mol. The van der Waals surface area contributed by atoms with E-state index in [1.54, 1.807) is 0 Å². The Hall–Kier alpha value is -0.0800. The molecule has 2 aliphatic rings. The van der Waals surface area contributed by atoms with Gasteiger partial charge in [-0.1, -0.05) is 12.8 Å². The normalized spacial score (nSPS) is 36.4. The molecule has 2 aliphatic carbocycles. The maximum Gasteiger partial charge on any atom is 0.00849 e. The van der Waals surface area contributed by atoms with Gasteiger partial charge in [0.1, 0.15) is 0 Å². The van der Waals surface area contributed by atoms with Crippen LogP contribution in [0.5, 0.6) is 0 Å². The third kappa shape index (κ3) is 2.48. The van der Waals surface area contributed by atoms with E-state index in [-0.39, 0.29) is 0 Å². The molecule has 0 aliphatic heterocycles. The Balaban J connectivity index is 1.73. The fraction of sp³-hybridized carbons (Fsp3) is 1.00. The van der Waals surface area contributed by atoms with Crippen LogP contribution < -0.4 is 11.1 Å². The standard InChI is InChI=1S/C12H24N2/c1-9(10-4-2-3-5-10)14-12-7-6-11(13)8-12/h9-12,14H,2-8,13H2,1H3. The molecular formula is C12H24N2. The summed E-state index contributed by atoms with van der Waals surface area (Å²) in [7, 11) is 0. The minimum Gasteiger partial charge on any atom is -0.328 e. The largest absolute Gasteiger partial charge is 0.328 e. The van der Waals surface area contributed by atoms with E-state index in [9.17, 15) is 0 Å². The first-order chi connectivity index (χ1) is 6.75. The molecule has 0 bridgehead atoms. The number of hydrogen-bond acceptors (Lipinski definition) is 2. The molecule has 0 spiro atoms. The minimum atomic E-state index is 0.461. The summed E-state index contributed by atoms with van der Waals surface area (Å²) in [6, 6.07) is 1.89. The van der Waals surface area contributed by atoms with Crippen molar-refractivity contribution >= 4 is 0 Å². The Morgan fingerprint density at radius 1 is 1.14 bits per heavy atom. The van der Waals surface area contributed by atoms with Gasteiger partial charge in [0.05, 0.1) is 0 Å². The van der Waals surface area contributed by atoms with Crippen LogP contribution in [0.25, 0.3) is 0 Å². The molecular weight excluding hydrogens is 172 g/mol. The minimum absolute atomic E-state index is 0.461. The summed E-state index contributed by atoms with van der Waals surface area (Å²) in [6.07, 6.45) is 9.46. The highest BCUT2D eigenvalue weighted by molar-refractivity contribution is 4.87. The Bertz CT molecular complexity index is 175. The first kappa shape index (κ1) is 10.4. The fourth-order valence-corrected chi connectivity index (χ4v) is 3.13. The van der Waals surface area contributed by atoms with Gasteiger partial charge in [-0.2, -0.15) is 0 Å². The van der Waals surface area contributed by atoms with Crippen molar-refractivity contribution in [3.8, 4) is 0 Å². The van der Waals surface area contributed by atoms with Crippen LogP contribution in [0.1, 0.15) is 51.9 Å². The number of nitrogens with one attached hydrogen (secondary N) is 1. The molecule has 2 saturated carbocycles. The van der Waals surface area contributed by atoms with E-state index in [0.717, 1.165) is 5.92 Å². The Morgan fingerprint density at radius 3 is 2.43 bits per heavy atom. The van der Waals surface area contributed by atoms with Gasteiger partial charge in [0.15, 0.2) is 0 Å². The lowest BCUT2D eigenvalue weighted by Crippen LogP contribution is -2.39. The Labute approximate surface area is 87.6 Å². The van der Waals surface area contributed by atoms with Crippen LogP contribution in [0.15, 0.2) is 0 Å². The van der Waals surface area contributed by atoms with Gasteiger partial charge in [-0.25, -0.2) is 0 Å². The van der Waals surface area contributed by atoms with Crippen molar-refractivity contribution in [1.82, 2.24) is 5.32 Å². The SMILES string of the molecule is CC(NC1CCC(N)C1)C1CCCC1. The van der Waals surface area contributed by atoms with Crippen LogP contribution >= 0.6 is 0 Å². The fourth-order valence-electron chi connectivity index (χ4n) is 3.13. The number of hydrogen-bond donors (Lipinski definition) is 2. The zero-order chi connectivity index (χ0) is 9.97. The average molecular weight is 196 g/mol. The molecule has 0 saturated heterocycles. The van der Waals surface area contributed by atoms with Crippen molar-refractivity contribution in [2.24, 2.45) is 11.7 Å². The van der Waals surface area contributed by atoms with Gasteiger partial charge < -0.3 is 11.1 Å². The van der Waals surface area contributed by atoms with Crippen LogP contribution in [0.2, 0.25) is 0 Å². The summed E-state index contributed by atoms with van der Waals surface area (Å²) >= 11 is 0. The van der Waals surface area contributed by atoms with Crippen LogP contribution in [0.4, 0.5) is 0 Å². The highest BCUT2D eigenvalue weighted by Crippen LogP contribution is 2.28. The molecule has 3 atom stereocenters. The van der Waals surface area contributed by atoms with Crippen molar-refractivity contribution in [3.05, 3.63) is 0 Å². The molecule has 0 heterocycles.